The number of fused-ring (bicyclic) bond motifs is 1. The minimum atomic E-state index is -0.493. The van der Waals surface area contributed by atoms with Gasteiger partial charge in [-0.3, -0.25) is 14.2 Å². The van der Waals surface area contributed by atoms with Crippen LogP contribution in [0, 0.1) is 0 Å². The summed E-state index contributed by atoms with van der Waals surface area (Å²) in [6.07, 6.45) is 1.31. The number of nitrogens with zero attached hydrogens (tertiary/aromatic N) is 5. The van der Waals surface area contributed by atoms with E-state index in [0.717, 1.165) is 5.56 Å². The van der Waals surface area contributed by atoms with Gasteiger partial charge in [-0.05, 0) is 12.5 Å². The van der Waals surface area contributed by atoms with Gasteiger partial charge < -0.3 is 4.74 Å². The molecule has 0 radical (unpaired) electrons. The highest BCUT2D eigenvalue weighted by atomic mass is 16.5. The maximum atomic E-state index is 12.3. The molecular formula is C15H15N5O3. The van der Waals surface area contributed by atoms with Crippen molar-refractivity contribution in [3.05, 3.63) is 52.6 Å². The van der Waals surface area contributed by atoms with Crippen molar-refractivity contribution >= 4 is 17.1 Å². The van der Waals surface area contributed by atoms with E-state index in [9.17, 15) is 9.59 Å². The highest BCUT2D eigenvalue weighted by molar-refractivity contribution is 5.71. The second kappa shape index (κ2) is 6.39. The predicted molar refractivity (Wildman–Crippen MR) is 81.8 cm³/mol. The second-order valence-corrected chi connectivity index (χ2v) is 4.89. The Kier molecular flexibility index (Phi) is 4.13. The van der Waals surface area contributed by atoms with Crippen LogP contribution in [0.1, 0.15) is 12.5 Å². The van der Waals surface area contributed by atoms with Crippen molar-refractivity contribution in [2.75, 3.05) is 6.61 Å². The molecule has 8 nitrogen and oxygen atoms in total. The van der Waals surface area contributed by atoms with Gasteiger partial charge >= 0.3 is 5.97 Å². The lowest BCUT2D eigenvalue weighted by atomic mass is 10.2. The third-order valence-corrected chi connectivity index (χ3v) is 3.27. The number of aromatic nitrogens is 5. The molecule has 3 aromatic rings. The van der Waals surface area contributed by atoms with Gasteiger partial charge in [0.15, 0.2) is 11.2 Å². The molecule has 0 saturated carbocycles. The van der Waals surface area contributed by atoms with Crippen LogP contribution in [0.5, 0.6) is 0 Å². The first-order valence-electron chi connectivity index (χ1n) is 7.17. The minimum Gasteiger partial charge on any atom is -0.465 e. The summed E-state index contributed by atoms with van der Waals surface area (Å²) in [6, 6.07) is 9.68. The topological polar surface area (TPSA) is 91.9 Å². The number of hydrogen-bond donors (Lipinski definition) is 0. The molecule has 0 fully saturated rings. The van der Waals surface area contributed by atoms with Crippen molar-refractivity contribution in [3.8, 4) is 0 Å². The van der Waals surface area contributed by atoms with Gasteiger partial charge in [-0.25, -0.2) is 9.67 Å². The van der Waals surface area contributed by atoms with E-state index >= 15 is 0 Å². The molecule has 0 saturated heterocycles. The fourth-order valence-corrected chi connectivity index (χ4v) is 2.21. The first-order chi connectivity index (χ1) is 11.2. The Morgan fingerprint density at radius 3 is 2.78 bits per heavy atom. The van der Waals surface area contributed by atoms with Gasteiger partial charge in [-0.2, -0.15) is 0 Å². The number of esters is 1. The second-order valence-electron chi connectivity index (χ2n) is 4.89. The fourth-order valence-electron chi connectivity index (χ4n) is 2.21. The molecule has 2 aromatic heterocycles. The molecule has 8 heteroatoms. The van der Waals surface area contributed by atoms with Crippen molar-refractivity contribution < 1.29 is 9.53 Å². The van der Waals surface area contributed by atoms with Crippen molar-refractivity contribution in [2.45, 2.75) is 20.0 Å². The van der Waals surface area contributed by atoms with E-state index in [4.69, 9.17) is 4.74 Å². The predicted octanol–water partition coefficient (Wildman–Crippen LogP) is 0.599. The first kappa shape index (κ1) is 14.9. The van der Waals surface area contributed by atoms with Crippen LogP contribution in [0.25, 0.3) is 11.2 Å². The minimum absolute atomic E-state index is 0.132. The zero-order valence-electron chi connectivity index (χ0n) is 12.5. The molecule has 0 aliphatic carbocycles. The van der Waals surface area contributed by atoms with Gasteiger partial charge in [0.05, 0.1) is 13.2 Å². The number of carbonyl (C=O) groups excluding carboxylic acids is 1. The number of rotatable bonds is 5. The molecule has 118 valence electrons. The van der Waals surface area contributed by atoms with E-state index in [1.165, 1.54) is 10.9 Å². The summed E-state index contributed by atoms with van der Waals surface area (Å²) in [4.78, 5) is 28.0. The SMILES string of the molecule is CCOC(=O)Cn1cnc2c(nnn2Cc2ccccc2)c1=O. The van der Waals surface area contributed by atoms with Gasteiger partial charge in [-0.15, -0.1) is 5.10 Å². The molecule has 0 aliphatic heterocycles. The summed E-state index contributed by atoms with van der Waals surface area (Å²) in [7, 11) is 0. The third kappa shape index (κ3) is 3.10. The van der Waals surface area contributed by atoms with Gasteiger partial charge in [0.2, 0.25) is 0 Å². The van der Waals surface area contributed by atoms with E-state index in [-0.39, 0.29) is 18.7 Å². The Labute approximate surface area is 131 Å². The maximum absolute atomic E-state index is 12.3. The lowest BCUT2D eigenvalue weighted by molar-refractivity contribution is -0.143. The van der Waals surface area contributed by atoms with Crippen LogP contribution in [-0.2, 0) is 22.6 Å². The van der Waals surface area contributed by atoms with E-state index in [1.54, 1.807) is 11.6 Å². The molecule has 0 N–H and O–H groups in total. The van der Waals surface area contributed by atoms with Crippen LogP contribution >= 0.6 is 0 Å². The van der Waals surface area contributed by atoms with E-state index in [1.807, 2.05) is 30.3 Å². The van der Waals surface area contributed by atoms with Crippen LogP contribution in [0.15, 0.2) is 41.5 Å². The van der Waals surface area contributed by atoms with E-state index in [0.29, 0.717) is 12.2 Å². The Balaban J connectivity index is 1.92. The molecule has 0 aliphatic rings. The zero-order valence-corrected chi connectivity index (χ0v) is 12.5. The molecular weight excluding hydrogens is 298 g/mol. The Morgan fingerprint density at radius 2 is 2.04 bits per heavy atom. The molecule has 23 heavy (non-hydrogen) atoms. The maximum Gasteiger partial charge on any atom is 0.326 e. The highest BCUT2D eigenvalue weighted by Gasteiger charge is 2.14. The van der Waals surface area contributed by atoms with Gasteiger partial charge in [0, 0.05) is 0 Å². The molecule has 0 unspecified atom stereocenters. The fraction of sp³-hybridized carbons (Fsp3) is 0.267. The molecule has 2 heterocycles. The molecule has 0 spiro atoms. The number of benzene rings is 1. The van der Waals surface area contributed by atoms with Gasteiger partial charge in [-0.1, -0.05) is 35.5 Å². The third-order valence-electron chi connectivity index (χ3n) is 3.27. The Hall–Kier alpha value is -3.03. The van der Waals surface area contributed by atoms with Crippen LogP contribution in [0.3, 0.4) is 0 Å². The number of carbonyl (C=O) groups is 1. The Bertz CT molecular complexity index is 885. The quantitative estimate of drug-likeness (QED) is 0.641. The molecule has 1 aromatic carbocycles. The smallest absolute Gasteiger partial charge is 0.326 e. The van der Waals surface area contributed by atoms with Crippen LogP contribution in [0.2, 0.25) is 0 Å². The van der Waals surface area contributed by atoms with Crippen LogP contribution < -0.4 is 5.56 Å². The average Bonchev–Trinajstić information content (AvgIpc) is 2.95. The van der Waals surface area contributed by atoms with Crippen LogP contribution in [-0.4, -0.2) is 37.1 Å². The van der Waals surface area contributed by atoms with Gasteiger partial charge in [0.25, 0.3) is 5.56 Å². The lowest BCUT2D eigenvalue weighted by Crippen LogP contribution is -2.26. The van der Waals surface area contributed by atoms with Crippen molar-refractivity contribution in [3.63, 3.8) is 0 Å². The molecule has 0 amide bonds. The van der Waals surface area contributed by atoms with E-state index < -0.39 is 11.5 Å². The largest absolute Gasteiger partial charge is 0.465 e. The van der Waals surface area contributed by atoms with E-state index in [2.05, 4.69) is 15.3 Å². The summed E-state index contributed by atoms with van der Waals surface area (Å²) >= 11 is 0. The highest BCUT2D eigenvalue weighted by Crippen LogP contribution is 2.07. The van der Waals surface area contributed by atoms with Crippen molar-refractivity contribution in [2.24, 2.45) is 0 Å². The summed E-state index contributed by atoms with van der Waals surface area (Å²) in [5.41, 5.74) is 1.13. The van der Waals surface area contributed by atoms with Gasteiger partial charge in [0.1, 0.15) is 12.9 Å². The standard InChI is InChI=1S/C15H15N5O3/c1-2-23-12(21)9-19-10-16-14-13(15(19)22)17-18-20(14)8-11-6-4-3-5-7-11/h3-7,10H,2,8-9H2,1H3. The average molecular weight is 313 g/mol. The van der Waals surface area contributed by atoms with Crippen molar-refractivity contribution in [1.29, 1.82) is 0 Å². The summed E-state index contributed by atoms with van der Waals surface area (Å²) in [5, 5.41) is 7.88. The summed E-state index contributed by atoms with van der Waals surface area (Å²) < 4.78 is 7.55. The lowest BCUT2D eigenvalue weighted by Gasteiger charge is -2.05. The Morgan fingerprint density at radius 1 is 1.26 bits per heavy atom. The summed E-state index contributed by atoms with van der Waals surface area (Å²) in [6.45, 7) is 2.24. The number of hydrogen-bond acceptors (Lipinski definition) is 6. The monoisotopic (exact) mass is 313 g/mol. The zero-order chi connectivity index (χ0) is 16.2. The molecule has 0 atom stereocenters. The molecule has 0 bridgehead atoms. The van der Waals surface area contributed by atoms with Crippen molar-refractivity contribution in [1.82, 2.24) is 24.5 Å². The normalized spacial score (nSPS) is 10.8. The molecule has 3 rings (SSSR count). The summed E-state index contributed by atoms with van der Waals surface area (Å²) in [5.74, 6) is -0.493. The first-order valence-corrected chi connectivity index (χ1v) is 7.17. The number of ether oxygens (including phenoxy) is 1. The van der Waals surface area contributed by atoms with Crippen LogP contribution in [0.4, 0.5) is 0 Å².